The SMILES string of the molecule is CCNC(=NCC(C)(O)CN1CCOCC1)NCCCS(C)(=O)=O. The lowest BCUT2D eigenvalue weighted by atomic mass is 10.1. The van der Waals surface area contributed by atoms with Crippen molar-refractivity contribution in [2.24, 2.45) is 4.99 Å². The van der Waals surface area contributed by atoms with Crippen LogP contribution < -0.4 is 10.6 Å². The Morgan fingerprint density at radius 3 is 2.58 bits per heavy atom. The second-order valence-electron chi connectivity index (χ2n) is 6.49. The Bertz CT molecular complexity index is 488. The predicted molar refractivity (Wildman–Crippen MR) is 96.2 cm³/mol. The molecule has 1 rings (SSSR count). The highest BCUT2D eigenvalue weighted by atomic mass is 32.2. The Morgan fingerprint density at radius 2 is 2.00 bits per heavy atom. The summed E-state index contributed by atoms with van der Waals surface area (Å²) in [6.45, 7) is 8.81. The monoisotopic (exact) mass is 364 g/mol. The average Bonchev–Trinajstić information content (AvgIpc) is 2.48. The van der Waals surface area contributed by atoms with Gasteiger partial charge in [-0.15, -0.1) is 0 Å². The first-order chi connectivity index (χ1) is 11.2. The van der Waals surface area contributed by atoms with E-state index in [1.165, 1.54) is 6.26 Å². The predicted octanol–water partition coefficient (Wildman–Crippen LogP) is -0.941. The molecule has 142 valence electrons. The van der Waals surface area contributed by atoms with Crippen LogP contribution in [0.5, 0.6) is 0 Å². The summed E-state index contributed by atoms with van der Waals surface area (Å²) in [4.78, 5) is 6.59. The van der Waals surface area contributed by atoms with E-state index in [-0.39, 0.29) is 12.3 Å². The molecule has 9 heteroatoms. The fraction of sp³-hybridized carbons (Fsp3) is 0.933. The number of morpholine rings is 1. The van der Waals surface area contributed by atoms with E-state index < -0.39 is 15.4 Å². The number of hydrogen-bond acceptors (Lipinski definition) is 6. The first-order valence-corrected chi connectivity index (χ1v) is 10.5. The zero-order valence-corrected chi connectivity index (χ0v) is 15.9. The molecule has 0 aromatic heterocycles. The summed E-state index contributed by atoms with van der Waals surface area (Å²) < 4.78 is 27.6. The zero-order chi connectivity index (χ0) is 18.1. The fourth-order valence-electron chi connectivity index (χ4n) is 2.42. The minimum atomic E-state index is -2.94. The Labute approximate surface area is 145 Å². The second-order valence-corrected chi connectivity index (χ2v) is 8.75. The third kappa shape index (κ3) is 10.1. The molecular weight excluding hydrogens is 332 g/mol. The topological polar surface area (TPSA) is 103 Å². The van der Waals surface area contributed by atoms with E-state index in [0.717, 1.165) is 13.1 Å². The van der Waals surface area contributed by atoms with Crippen LogP contribution in [-0.4, -0.2) is 94.5 Å². The lowest BCUT2D eigenvalue weighted by molar-refractivity contribution is -0.0179. The maximum Gasteiger partial charge on any atom is 0.191 e. The number of nitrogens with zero attached hydrogens (tertiary/aromatic N) is 2. The fourth-order valence-corrected chi connectivity index (χ4v) is 3.09. The largest absolute Gasteiger partial charge is 0.387 e. The average molecular weight is 365 g/mol. The van der Waals surface area contributed by atoms with E-state index in [1.807, 2.05) is 6.92 Å². The lowest BCUT2D eigenvalue weighted by Gasteiger charge is -2.33. The van der Waals surface area contributed by atoms with E-state index in [0.29, 0.717) is 45.2 Å². The lowest BCUT2D eigenvalue weighted by Crippen LogP contribution is -2.48. The van der Waals surface area contributed by atoms with E-state index in [2.05, 4.69) is 20.5 Å². The van der Waals surface area contributed by atoms with Crippen molar-refractivity contribution in [1.29, 1.82) is 0 Å². The van der Waals surface area contributed by atoms with Gasteiger partial charge in [0, 0.05) is 39.0 Å². The van der Waals surface area contributed by atoms with E-state index in [4.69, 9.17) is 4.74 Å². The summed E-state index contributed by atoms with van der Waals surface area (Å²) in [5.74, 6) is 0.738. The molecule has 0 aliphatic carbocycles. The zero-order valence-electron chi connectivity index (χ0n) is 15.0. The van der Waals surface area contributed by atoms with Gasteiger partial charge in [0.05, 0.1) is 31.1 Å². The third-order valence-corrected chi connectivity index (χ3v) is 4.60. The number of rotatable bonds is 9. The molecule has 0 bridgehead atoms. The molecule has 8 nitrogen and oxygen atoms in total. The Hall–Kier alpha value is -0.900. The van der Waals surface area contributed by atoms with Crippen molar-refractivity contribution in [3.05, 3.63) is 0 Å². The molecule has 1 atom stereocenters. The molecule has 3 N–H and O–H groups in total. The van der Waals surface area contributed by atoms with Crippen LogP contribution >= 0.6 is 0 Å². The van der Waals surface area contributed by atoms with Crippen LogP contribution in [0.1, 0.15) is 20.3 Å². The van der Waals surface area contributed by atoms with Crippen molar-refractivity contribution < 1.29 is 18.3 Å². The molecule has 1 saturated heterocycles. The van der Waals surface area contributed by atoms with Gasteiger partial charge in [-0.25, -0.2) is 8.42 Å². The maximum absolute atomic E-state index is 11.1. The summed E-state index contributed by atoms with van der Waals surface area (Å²) in [7, 11) is -2.94. The number of sulfone groups is 1. The quantitative estimate of drug-likeness (QED) is 0.276. The summed E-state index contributed by atoms with van der Waals surface area (Å²) in [5, 5.41) is 16.7. The van der Waals surface area contributed by atoms with Gasteiger partial charge in [-0.2, -0.15) is 0 Å². The first kappa shape index (κ1) is 21.1. The number of aliphatic hydroxyl groups is 1. The van der Waals surface area contributed by atoms with Crippen LogP contribution in [0.3, 0.4) is 0 Å². The first-order valence-electron chi connectivity index (χ1n) is 8.44. The van der Waals surface area contributed by atoms with Crippen molar-refractivity contribution in [3.8, 4) is 0 Å². The van der Waals surface area contributed by atoms with Gasteiger partial charge < -0.3 is 20.5 Å². The van der Waals surface area contributed by atoms with Crippen LogP contribution in [0.4, 0.5) is 0 Å². The molecule has 0 radical (unpaired) electrons. The minimum absolute atomic E-state index is 0.147. The molecule has 1 aliphatic heterocycles. The number of β-amino-alcohol motifs (C(OH)–C–C–N with tert-alkyl or cyclic N) is 1. The smallest absolute Gasteiger partial charge is 0.191 e. The Balaban J connectivity index is 2.44. The van der Waals surface area contributed by atoms with Gasteiger partial charge in [-0.3, -0.25) is 9.89 Å². The van der Waals surface area contributed by atoms with Gasteiger partial charge in [0.1, 0.15) is 9.84 Å². The van der Waals surface area contributed by atoms with E-state index in [1.54, 1.807) is 6.92 Å². The van der Waals surface area contributed by atoms with Crippen molar-refractivity contribution in [2.45, 2.75) is 25.9 Å². The van der Waals surface area contributed by atoms with Crippen molar-refractivity contribution in [3.63, 3.8) is 0 Å². The van der Waals surface area contributed by atoms with Gasteiger partial charge in [0.25, 0.3) is 0 Å². The molecule has 24 heavy (non-hydrogen) atoms. The second kappa shape index (κ2) is 10.2. The number of guanidine groups is 1. The van der Waals surface area contributed by atoms with Crippen LogP contribution in [0, 0.1) is 0 Å². The van der Waals surface area contributed by atoms with E-state index in [9.17, 15) is 13.5 Å². The summed E-state index contributed by atoms with van der Waals surface area (Å²) in [6, 6.07) is 0. The molecule has 0 aromatic rings. The number of aliphatic imine (C=N–C) groups is 1. The van der Waals surface area contributed by atoms with Crippen LogP contribution in [0.15, 0.2) is 4.99 Å². The highest BCUT2D eigenvalue weighted by Crippen LogP contribution is 2.09. The number of nitrogens with one attached hydrogen (secondary N) is 2. The standard InChI is InChI=1S/C15H32N4O4S/c1-4-16-14(17-6-5-11-24(3,21)22)18-12-15(2,20)13-19-7-9-23-10-8-19/h20H,4-13H2,1-3H3,(H2,16,17,18). The molecule has 0 spiro atoms. The van der Waals surface area contributed by atoms with Gasteiger partial charge in [0.15, 0.2) is 5.96 Å². The van der Waals surface area contributed by atoms with Gasteiger partial charge in [-0.05, 0) is 20.3 Å². The minimum Gasteiger partial charge on any atom is -0.387 e. The normalized spacial score (nSPS) is 19.8. The van der Waals surface area contributed by atoms with Crippen molar-refractivity contribution in [1.82, 2.24) is 15.5 Å². The van der Waals surface area contributed by atoms with Gasteiger partial charge in [0.2, 0.25) is 0 Å². The van der Waals surface area contributed by atoms with Gasteiger partial charge >= 0.3 is 0 Å². The molecule has 0 saturated carbocycles. The molecular formula is C15H32N4O4S. The van der Waals surface area contributed by atoms with Crippen LogP contribution in [0.25, 0.3) is 0 Å². The molecule has 1 fully saturated rings. The molecule has 1 unspecified atom stereocenters. The summed E-state index contributed by atoms with van der Waals surface area (Å²) in [5.41, 5.74) is -0.924. The van der Waals surface area contributed by atoms with Crippen molar-refractivity contribution in [2.75, 3.05) is 64.5 Å². The molecule has 1 aliphatic rings. The highest BCUT2D eigenvalue weighted by molar-refractivity contribution is 7.90. The van der Waals surface area contributed by atoms with Gasteiger partial charge in [-0.1, -0.05) is 0 Å². The number of ether oxygens (including phenoxy) is 1. The molecule has 0 aromatic carbocycles. The van der Waals surface area contributed by atoms with Crippen LogP contribution in [0.2, 0.25) is 0 Å². The summed E-state index contributed by atoms with van der Waals surface area (Å²) in [6.07, 6.45) is 1.75. The molecule has 1 heterocycles. The van der Waals surface area contributed by atoms with E-state index >= 15 is 0 Å². The highest BCUT2D eigenvalue weighted by Gasteiger charge is 2.25. The number of hydrogen-bond donors (Lipinski definition) is 3. The van der Waals surface area contributed by atoms with Crippen molar-refractivity contribution >= 4 is 15.8 Å². The molecule has 0 amide bonds. The third-order valence-electron chi connectivity index (χ3n) is 3.57. The maximum atomic E-state index is 11.1. The Kier molecular flexibility index (Phi) is 8.96. The van der Waals surface area contributed by atoms with Crippen LogP contribution in [-0.2, 0) is 14.6 Å². The Morgan fingerprint density at radius 1 is 1.33 bits per heavy atom. The summed E-state index contributed by atoms with van der Waals surface area (Å²) >= 11 is 0.